The predicted molar refractivity (Wildman–Crippen MR) is 161 cm³/mol. The number of azide groups is 1. The van der Waals surface area contributed by atoms with Gasteiger partial charge in [-0.3, -0.25) is 19.7 Å². The second kappa shape index (κ2) is 12.4. The number of aryl methyl sites for hydroxylation is 1. The summed E-state index contributed by atoms with van der Waals surface area (Å²) in [5, 5.41) is 6.20. The maximum absolute atomic E-state index is 13.2. The SMILES string of the molecule is [N-]=[N+]=NN(SC(=O)c1ccccc1)c1ccc2c(c1)nc(NC(=O)c1ccc(-c3ccccc3)s1)n2CCC(N)=O. The number of rotatable bonds is 10. The minimum atomic E-state index is -0.503. The Bertz CT molecular complexity index is 1780. The van der Waals surface area contributed by atoms with Crippen LogP contribution in [-0.2, 0) is 11.3 Å². The normalized spacial score (nSPS) is 10.6. The van der Waals surface area contributed by atoms with E-state index in [1.165, 1.54) is 11.3 Å². The monoisotopic (exact) mass is 582 g/mol. The number of aromatic nitrogens is 2. The average Bonchev–Trinajstić information content (AvgIpc) is 3.61. The van der Waals surface area contributed by atoms with Crippen LogP contribution >= 0.6 is 23.3 Å². The lowest BCUT2D eigenvalue weighted by atomic mass is 10.2. The minimum absolute atomic E-state index is 0.0273. The highest BCUT2D eigenvalue weighted by Crippen LogP contribution is 2.32. The van der Waals surface area contributed by atoms with E-state index >= 15 is 0 Å². The van der Waals surface area contributed by atoms with Crippen molar-refractivity contribution in [1.29, 1.82) is 0 Å². The number of thiophene rings is 1. The molecular formula is C28H22N8O3S2. The number of amides is 2. The van der Waals surface area contributed by atoms with Crippen molar-refractivity contribution < 1.29 is 14.4 Å². The van der Waals surface area contributed by atoms with E-state index < -0.39 is 5.91 Å². The smallest absolute Gasteiger partial charge is 0.268 e. The molecule has 5 rings (SSSR count). The molecule has 0 spiro atoms. The van der Waals surface area contributed by atoms with Gasteiger partial charge in [-0.15, -0.1) is 21.3 Å². The highest BCUT2D eigenvalue weighted by molar-refractivity contribution is 8.15. The summed E-state index contributed by atoms with van der Waals surface area (Å²) >= 11 is 2.08. The minimum Gasteiger partial charge on any atom is -0.370 e. The highest BCUT2D eigenvalue weighted by Gasteiger charge is 2.22. The standard InChI is InChI=1S/C28H22N8O3S2/c29-25(37)15-16-35-22-12-11-20(36(34-33-30)41-27(39)19-9-5-2-6-10-19)17-21(22)31-28(35)32-26(38)24-14-13-23(40-24)18-7-3-1-4-8-18/h1-14,17H,15-16H2,(H2,29,37)(H,31,32,38). The number of fused-ring (bicyclic) bond motifs is 1. The number of carbonyl (C=O) groups is 3. The molecule has 2 aromatic heterocycles. The van der Waals surface area contributed by atoms with Crippen LogP contribution < -0.4 is 15.5 Å². The van der Waals surface area contributed by atoms with Crippen LogP contribution in [0, 0.1) is 0 Å². The van der Waals surface area contributed by atoms with Gasteiger partial charge in [0.1, 0.15) is 17.6 Å². The Morgan fingerprint density at radius 1 is 1.02 bits per heavy atom. The quantitative estimate of drug-likeness (QED) is 0.0636. The van der Waals surface area contributed by atoms with Gasteiger partial charge in [0.25, 0.3) is 11.0 Å². The second-order valence-corrected chi connectivity index (χ2v) is 10.6. The first kappa shape index (κ1) is 27.5. The molecule has 0 fully saturated rings. The van der Waals surface area contributed by atoms with Crippen molar-refractivity contribution in [2.75, 3.05) is 9.73 Å². The lowest BCUT2D eigenvalue weighted by Crippen LogP contribution is -2.18. The first-order valence-corrected chi connectivity index (χ1v) is 13.9. The molecule has 2 amide bonds. The summed E-state index contributed by atoms with van der Waals surface area (Å²) in [6.45, 7) is 0.182. The molecular weight excluding hydrogens is 560 g/mol. The first-order chi connectivity index (χ1) is 19.9. The summed E-state index contributed by atoms with van der Waals surface area (Å²) in [5.41, 5.74) is 17.4. The van der Waals surface area contributed by atoms with Crippen molar-refractivity contribution in [3.8, 4) is 10.4 Å². The van der Waals surface area contributed by atoms with Gasteiger partial charge in [0.15, 0.2) is 0 Å². The Balaban J connectivity index is 1.44. The number of nitrogens with two attached hydrogens (primary N) is 1. The van der Waals surface area contributed by atoms with Crippen LogP contribution in [0.1, 0.15) is 26.5 Å². The summed E-state index contributed by atoms with van der Waals surface area (Å²) in [6.07, 6.45) is 0.0273. The van der Waals surface area contributed by atoms with E-state index in [0.717, 1.165) is 26.8 Å². The zero-order chi connectivity index (χ0) is 28.8. The lowest BCUT2D eigenvalue weighted by Gasteiger charge is -2.11. The number of carbonyl (C=O) groups excluding carboxylic acids is 3. The summed E-state index contributed by atoms with van der Waals surface area (Å²) in [4.78, 5) is 46.4. The molecule has 0 aliphatic rings. The number of hydrogen-bond acceptors (Lipinski definition) is 7. The predicted octanol–water partition coefficient (Wildman–Crippen LogP) is 6.41. The third-order valence-electron chi connectivity index (χ3n) is 5.95. The molecule has 0 unspecified atom stereocenters. The third kappa shape index (κ3) is 6.39. The van der Waals surface area contributed by atoms with Crippen molar-refractivity contribution in [2.45, 2.75) is 13.0 Å². The molecule has 13 heteroatoms. The average molecular weight is 583 g/mol. The van der Waals surface area contributed by atoms with Crippen molar-refractivity contribution in [3.05, 3.63) is 112 Å². The van der Waals surface area contributed by atoms with E-state index in [1.807, 2.05) is 36.4 Å². The molecule has 0 atom stereocenters. The highest BCUT2D eigenvalue weighted by atomic mass is 32.2. The number of imidazole rings is 1. The number of primary amides is 1. The fourth-order valence-electron chi connectivity index (χ4n) is 4.03. The van der Waals surface area contributed by atoms with Gasteiger partial charge in [-0.25, -0.2) is 4.98 Å². The summed E-state index contributed by atoms with van der Waals surface area (Å²) in [7, 11) is 0. The third-order valence-corrected chi connectivity index (χ3v) is 7.94. The van der Waals surface area contributed by atoms with Gasteiger partial charge in [-0.2, -0.15) is 4.91 Å². The van der Waals surface area contributed by atoms with E-state index in [4.69, 9.17) is 11.3 Å². The van der Waals surface area contributed by atoms with Gasteiger partial charge in [-0.05, 0) is 35.1 Å². The Morgan fingerprint density at radius 3 is 2.46 bits per heavy atom. The van der Waals surface area contributed by atoms with E-state index in [2.05, 4.69) is 20.4 Å². The number of anilines is 2. The molecule has 0 bridgehead atoms. The van der Waals surface area contributed by atoms with E-state index in [0.29, 0.717) is 27.2 Å². The zero-order valence-corrected chi connectivity index (χ0v) is 23.0. The molecule has 3 N–H and O–H groups in total. The van der Waals surface area contributed by atoms with E-state index in [-0.39, 0.29) is 29.9 Å². The van der Waals surface area contributed by atoms with Crippen molar-refractivity contribution >= 4 is 62.9 Å². The van der Waals surface area contributed by atoms with Crippen molar-refractivity contribution in [1.82, 2.24) is 9.55 Å². The van der Waals surface area contributed by atoms with Crippen LogP contribution in [0.15, 0.2) is 96.2 Å². The lowest BCUT2D eigenvalue weighted by molar-refractivity contribution is -0.118. The molecule has 11 nitrogen and oxygen atoms in total. The first-order valence-electron chi connectivity index (χ1n) is 12.3. The van der Waals surface area contributed by atoms with Crippen LogP contribution in [0.3, 0.4) is 0 Å². The largest absolute Gasteiger partial charge is 0.370 e. The van der Waals surface area contributed by atoms with Crippen LogP contribution in [0.5, 0.6) is 0 Å². The van der Waals surface area contributed by atoms with Crippen LogP contribution in [0.25, 0.3) is 31.9 Å². The van der Waals surface area contributed by atoms with Gasteiger partial charge < -0.3 is 10.3 Å². The molecule has 5 aromatic rings. The molecule has 0 radical (unpaired) electrons. The fraction of sp³-hybridized carbons (Fsp3) is 0.0714. The maximum Gasteiger partial charge on any atom is 0.268 e. The number of benzene rings is 3. The number of hydrogen-bond donors (Lipinski definition) is 2. The van der Waals surface area contributed by atoms with E-state index in [9.17, 15) is 14.4 Å². The van der Waals surface area contributed by atoms with Crippen LogP contribution in [0.4, 0.5) is 11.6 Å². The molecule has 41 heavy (non-hydrogen) atoms. The molecule has 204 valence electrons. The van der Waals surface area contributed by atoms with Gasteiger partial charge in [0.2, 0.25) is 11.9 Å². The molecule has 0 saturated carbocycles. The maximum atomic E-state index is 13.2. The summed E-state index contributed by atoms with van der Waals surface area (Å²) < 4.78 is 2.85. The van der Waals surface area contributed by atoms with Crippen LogP contribution in [0.2, 0.25) is 0 Å². The molecule has 2 heterocycles. The topological polar surface area (TPSA) is 159 Å². The Morgan fingerprint density at radius 2 is 1.76 bits per heavy atom. The summed E-state index contributed by atoms with van der Waals surface area (Å²) in [6, 6.07) is 27.0. The van der Waals surface area contributed by atoms with Crippen LogP contribution in [-0.4, -0.2) is 26.5 Å². The molecule has 3 aromatic carbocycles. The second-order valence-electron chi connectivity index (χ2n) is 8.66. The fourth-order valence-corrected chi connectivity index (χ4v) is 5.62. The van der Waals surface area contributed by atoms with Gasteiger partial charge >= 0.3 is 0 Å². The van der Waals surface area contributed by atoms with E-state index in [1.54, 1.807) is 59.2 Å². The Labute approximate surface area is 242 Å². The Kier molecular flexibility index (Phi) is 8.30. The molecule has 0 aliphatic heterocycles. The van der Waals surface area contributed by atoms with Crippen molar-refractivity contribution in [2.24, 2.45) is 11.0 Å². The molecule has 0 aliphatic carbocycles. The number of nitrogens with one attached hydrogen (secondary N) is 1. The van der Waals surface area contributed by atoms with Gasteiger partial charge in [0.05, 0.1) is 15.9 Å². The molecule has 0 saturated heterocycles. The van der Waals surface area contributed by atoms with Crippen molar-refractivity contribution in [3.63, 3.8) is 0 Å². The van der Waals surface area contributed by atoms with Gasteiger partial charge in [-0.1, -0.05) is 60.7 Å². The summed E-state index contributed by atoms with van der Waals surface area (Å²) in [5.74, 6) is -0.633. The van der Waals surface area contributed by atoms with Gasteiger partial charge in [0, 0.05) is 29.5 Å². The number of nitrogens with zero attached hydrogens (tertiary/aromatic N) is 6. The zero-order valence-electron chi connectivity index (χ0n) is 21.4. The Hall–Kier alpha value is -5.10.